The second-order valence-electron chi connectivity index (χ2n) is 5.74. The molecule has 2 heterocycles. The van der Waals surface area contributed by atoms with Gasteiger partial charge in [0.25, 0.3) is 15.9 Å². The average molecular weight is 441 g/mol. The molecule has 0 saturated carbocycles. The molecular weight excluding hydrogens is 424 g/mol. The Labute approximate surface area is 159 Å². The SMILES string of the molecule is Cc1cccc(CCc2ccsc2S(=O)(=O)Nc2onc(C)c2Br)c1. The van der Waals surface area contributed by atoms with E-state index in [1.165, 1.54) is 22.5 Å². The number of thiophene rings is 1. The minimum Gasteiger partial charge on any atom is -0.336 e. The van der Waals surface area contributed by atoms with Gasteiger partial charge in [0, 0.05) is 0 Å². The zero-order chi connectivity index (χ0) is 18.0. The number of halogens is 1. The molecule has 0 amide bonds. The first-order valence-corrected chi connectivity index (χ1v) is 10.8. The zero-order valence-corrected chi connectivity index (χ0v) is 17.0. The van der Waals surface area contributed by atoms with E-state index in [1.54, 1.807) is 12.3 Å². The van der Waals surface area contributed by atoms with Crippen LogP contribution < -0.4 is 4.72 Å². The van der Waals surface area contributed by atoms with Crippen molar-refractivity contribution < 1.29 is 12.9 Å². The second kappa shape index (κ2) is 7.31. The van der Waals surface area contributed by atoms with Crippen molar-refractivity contribution in [3.8, 4) is 0 Å². The summed E-state index contributed by atoms with van der Waals surface area (Å²) in [5, 5.41) is 5.54. The summed E-state index contributed by atoms with van der Waals surface area (Å²) in [5.41, 5.74) is 3.77. The highest BCUT2D eigenvalue weighted by Crippen LogP contribution is 2.31. The maximum absolute atomic E-state index is 12.7. The number of aryl methyl sites for hydroxylation is 4. The number of sulfonamides is 1. The van der Waals surface area contributed by atoms with E-state index < -0.39 is 10.0 Å². The molecule has 0 saturated heterocycles. The Kier molecular flexibility index (Phi) is 5.31. The summed E-state index contributed by atoms with van der Waals surface area (Å²) in [6, 6.07) is 10.1. The van der Waals surface area contributed by atoms with E-state index >= 15 is 0 Å². The van der Waals surface area contributed by atoms with Crippen LogP contribution in [0.3, 0.4) is 0 Å². The van der Waals surface area contributed by atoms with Crippen molar-refractivity contribution in [3.63, 3.8) is 0 Å². The number of anilines is 1. The number of nitrogens with one attached hydrogen (secondary N) is 1. The molecule has 0 aliphatic rings. The number of hydrogen-bond donors (Lipinski definition) is 1. The lowest BCUT2D eigenvalue weighted by atomic mass is 10.0. The van der Waals surface area contributed by atoms with Crippen LogP contribution in [0.2, 0.25) is 0 Å². The minimum atomic E-state index is -3.72. The Morgan fingerprint density at radius 1 is 1.24 bits per heavy atom. The highest BCUT2D eigenvalue weighted by Gasteiger charge is 2.24. The van der Waals surface area contributed by atoms with E-state index in [1.807, 2.05) is 25.1 Å². The lowest BCUT2D eigenvalue weighted by Crippen LogP contribution is -2.13. The van der Waals surface area contributed by atoms with E-state index in [2.05, 4.69) is 37.9 Å². The third-order valence-corrected chi connectivity index (χ3v) is 7.57. The largest absolute Gasteiger partial charge is 0.336 e. The van der Waals surface area contributed by atoms with E-state index in [4.69, 9.17) is 4.52 Å². The Bertz CT molecular complexity index is 993. The van der Waals surface area contributed by atoms with Crippen LogP contribution in [0, 0.1) is 13.8 Å². The molecule has 0 bridgehead atoms. The maximum Gasteiger partial charge on any atom is 0.274 e. The first-order chi connectivity index (χ1) is 11.9. The summed E-state index contributed by atoms with van der Waals surface area (Å²) >= 11 is 4.47. The molecule has 1 N–H and O–H groups in total. The number of nitrogens with zero attached hydrogens (tertiary/aromatic N) is 1. The fourth-order valence-corrected chi connectivity index (χ4v) is 5.32. The molecule has 1 aromatic carbocycles. The number of aromatic nitrogens is 1. The Morgan fingerprint density at radius 2 is 2.04 bits per heavy atom. The molecule has 0 unspecified atom stereocenters. The summed E-state index contributed by atoms with van der Waals surface area (Å²) < 4.78 is 33.7. The summed E-state index contributed by atoms with van der Waals surface area (Å²) in [6.45, 7) is 3.77. The topological polar surface area (TPSA) is 72.2 Å². The smallest absolute Gasteiger partial charge is 0.274 e. The highest BCUT2D eigenvalue weighted by atomic mass is 79.9. The molecule has 3 rings (SSSR count). The van der Waals surface area contributed by atoms with E-state index in [0.717, 1.165) is 12.0 Å². The van der Waals surface area contributed by atoms with Gasteiger partial charge in [0.05, 0.1) is 5.69 Å². The monoisotopic (exact) mass is 440 g/mol. The van der Waals surface area contributed by atoms with Gasteiger partial charge in [0.15, 0.2) is 0 Å². The van der Waals surface area contributed by atoms with Crippen LogP contribution >= 0.6 is 27.3 Å². The quantitative estimate of drug-likeness (QED) is 0.602. The first kappa shape index (κ1) is 18.2. The van der Waals surface area contributed by atoms with E-state index in [9.17, 15) is 8.42 Å². The number of hydrogen-bond acceptors (Lipinski definition) is 5. The fourth-order valence-electron chi connectivity index (χ4n) is 2.48. The van der Waals surface area contributed by atoms with Crippen LogP contribution in [0.4, 0.5) is 5.88 Å². The highest BCUT2D eigenvalue weighted by molar-refractivity contribution is 9.10. The van der Waals surface area contributed by atoms with Gasteiger partial charge in [-0.1, -0.05) is 35.0 Å². The molecule has 0 aliphatic carbocycles. The number of benzene rings is 1. The lowest BCUT2D eigenvalue weighted by molar-refractivity contribution is 0.430. The van der Waals surface area contributed by atoms with Crippen molar-refractivity contribution in [1.29, 1.82) is 0 Å². The molecule has 0 spiro atoms. The standard InChI is InChI=1S/C17H17BrN2O3S2/c1-11-4-3-5-13(10-11)6-7-14-8-9-24-17(14)25(21,22)20-16-15(18)12(2)19-23-16/h3-5,8-10,20H,6-7H2,1-2H3. The zero-order valence-electron chi connectivity index (χ0n) is 13.7. The summed E-state index contributed by atoms with van der Waals surface area (Å²) in [4.78, 5) is 0. The van der Waals surface area contributed by atoms with Gasteiger partial charge in [-0.25, -0.2) is 13.1 Å². The third-order valence-electron chi connectivity index (χ3n) is 3.73. The molecule has 132 valence electrons. The Morgan fingerprint density at radius 3 is 2.72 bits per heavy atom. The molecule has 0 atom stereocenters. The molecule has 2 aromatic heterocycles. The maximum atomic E-state index is 12.7. The molecule has 0 aliphatic heterocycles. The molecule has 3 aromatic rings. The average Bonchev–Trinajstić information content (AvgIpc) is 3.16. The van der Waals surface area contributed by atoms with Gasteiger partial charge in [0.1, 0.15) is 8.68 Å². The van der Waals surface area contributed by atoms with Crippen molar-refractivity contribution in [2.45, 2.75) is 30.9 Å². The summed E-state index contributed by atoms with van der Waals surface area (Å²) in [5.74, 6) is 0.0931. The number of rotatable bonds is 6. The predicted octanol–water partition coefficient (Wildman–Crippen LogP) is 4.70. The fraction of sp³-hybridized carbons (Fsp3) is 0.235. The van der Waals surface area contributed by atoms with Crippen molar-refractivity contribution >= 4 is 43.2 Å². The van der Waals surface area contributed by atoms with E-state index in [0.29, 0.717) is 20.8 Å². The van der Waals surface area contributed by atoms with Gasteiger partial charge in [-0.3, -0.25) is 0 Å². The Balaban J connectivity index is 1.79. The van der Waals surface area contributed by atoms with Crippen LogP contribution in [-0.2, 0) is 22.9 Å². The van der Waals surface area contributed by atoms with Crippen molar-refractivity contribution in [3.05, 3.63) is 62.6 Å². The van der Waals surface area contributed by atoms with Gasteiger partial charge >= 0.3 is 0 Å². The molecule has 8 heteroatoms. The molecule has 0 radical (unpaired) electrons. The Hall–Kier alpha value is -1.64. The molecular formula is C17H17BrN2O3S2. The minimum absolute atomic E-state index is 0.0931. The first-order valence-electron chi connectivity index (χ1n) is 7.63. The third kappa shape index (κ3) is 4.13. The van der Waals surface area contributed by atoms with Gasteiger partial charge in [0.2, 0.25) is 0 Å². The van der Waals surface area contributed by atoms with Crippen LogP contribution in [0.15, 0.2) is 48.9 Å². The van der Waals surface area contributed by atoms with Crippen LogP contribution in [0.5, 0.6) is 0 Å². The van der Waals surface area contributed by atoms with Crippen LogP contribution in [-0.4, -0.2) is 13.6 Å². The van der Waals surface area contributed by atoms with Gasteiger partial charge in [-0.15, -0.1) is 11.3 Å². The van der Waals surface area contributed by atoms with Crippen LogP contribution in [0.1, 0.15) is 22.4 Å². The van der Waals surface area contributed by atoms with Crippen LogP contribution in [0.25, 0.3) is 0 Å². The molecule has 0 fully saturated rings. The van der Waals surface area contributed by atoms with Crippen molar-refractivity contribution in [1.82, 2.24) is 5.16 Å². The van der Waals surface area contributed by atoms with Gasteiger partial charge < -0.3 is 4.52 Å². The van der Waals surface area contributed by atoms with E-state index in [-0.39, 0.29) is 5.88 Å². The lowest BCUT2D eigenvalue weighted by Gasteiger charge is -2.07. The molecule has 5 nitrogen and oxygen atoms in total. The summed E-state index contributed by atoms with van der Waals surface area (Å²) in [7, 11) is -3.72. The van der Waals surface area contributed by atoms with Crippen molar-refractivity contribution in [2.75, 3.05) is 4.72 Å². The predicted molar refractivity (Wildman–Crippen MR) is 103 cm³/mol. The second-order valence-corrected chi connectivity index (χ2v) is 9.33. The molecule has 25 heavy (non-hydrogen) atoms. The van der Waals surface area contributed by atoms with Crippen molar-refractivity contribution in [2.24, 2.45) is 0 Å². The summed E-state index contributed by atoms with van der Waals surface area (Å²) in [6.07, 6.45) is 1.44. The van der Waals surface area contributed by atoms with Gasteiger partial charge in [-0.05, 0) is 65.2 Å². The normalized spacial score (nSPS) is 11.6. The van der Waals surface area contributed by atoms with Gasteiger partial charge in [-0.2, -0.15) is 0 Å².